The number of amides is 1. The molecule has 1 heterocycles. The Morgan fingerprint density at radius 2 is 1.76 bits per heavy atom. The Balaban J connectivity index is 1.87. The first kappa shape index (κ1) is 20.5. The minimum absolute atomic E-state index is 0.109. The number of aryl methyl sites for hydroxylation is 2. The number of ether oxygens (including phenoxy) is 4. The molecule has 7 nitrogen and oxygen atoms in total. The molecule has 0 saturated heterocycles. The molecule has 2 aromatic rings. The van der Waals surface area contributed by atoms with Gasteiger partial charge in [-0.2, -0.15) is 5.01 Å². The summed E-state index contributed by atoms with van der Waals surface area (Å²) in [6, 6.07) is 11.3. The number of hydrazone groups is 1. The summed E-state index contributed by atoms with van der Waals surface area (Å²) < 4.78 is 22.8. The van der Waals surface area contributed by atoms with Crippen LogP contribution >= 0.6 is 0 Å². The first-order chi connectivity index (χ1) is 13.8. The summed E-state index contributed by atoms with van der Waals surface area (Å²) in [5.74, 6) is 1.99. The maximum atomic E-state index is 12.3. The van der Waals surface area contributed by atoms with E-state index in [1.807, 2.05) is 38.1 Å². The van der Waals surface area contributed by atoms with Crippen LogP contribution in [0.2, 0.25) is 0 Å². The van der Waals surface area contributed by atoms with Gasteiger partial charge in [0.1, 0.15) is 5.75 Å². The fraction of sp³-hybridized carbons (Fsp3) is 0.364. The Labute approximate surface area is 170 Å². The summed E-state index contributed by atoms with van der Waals surface area (Å²) >= 11 is 0. The third kappa shape index (κ3) is 3.85. The molecule has 7 heteroatoms. The zero-order valence-corrected chi connectivity index (χ0v) is 17.6. The highest BCUT2D eigenvalue weighted by Gasteiger charge is 2.45. The fourth-order valence-corrected chi connectivity index (χ4v) is 3.40. The van der Waals surface area contributed by atoms with Gasteiger partial charge in [-0.25, -0.2) is 0 Å². The normalized spacial score (nSPS) is 18.1. The van der Waals surface area contributed by atoms with Gasteiger partial charge in [-0.15, -0.1) is 5.10 Å². The summed E-state index contributed by atoms with van der Waals surface area (Å²) in [7, 11) is 3.13. The molecule has 154 valence electrons. The quantitative estimate of drug-likeness (QED) is 0.741. The van der Waals surface area contributed by atoms with Gasteiger partial charge in [0, 0.05) is 19.4 Å². The topological polar surface area (TPSA) is 69.6 Å². The highest BCUT2D eigenvalue weighted by atomic mass is 16.6. The molecular formula is C22H26N2O5. The largest absolute Gasteiger partial charge is 0.493 e. The van der Waals surface area contributed by atoms with Crippen LogP contribution in [0.1, 0.15) is 30.5 Å². The maximum absolute atomic E-state index is 12.3. The Bertz CT molecular complexity index is 936. The molecule has 0 aliphatic carbocycles. The van der Waals surface area contributed by atoms with Crippen molar-refractivity contribution in [2.24, 2.45) is 5.10 Å². The van der Waals surface area contributed by atoms with Crippen molar-refractivity contribution in [1.82, 2.24) is 5.01 Å². The van der Waals surface area contributed by atoms with Crippen LogP contribution in [0.15, 0.2) is 41.5 Å². The molecule has 3 rings (SSSR count). The number of methoxy groups -OCH3 is 2. The van der Waals surface area contributed by atoms with Gasteiger partial charge < -0.3 is 18.9 Å². The number of hydrogen-bond donors (Lipinski definition) is 0. The second kappa shape index (κ2) is 8.03. The van der Waals surface area contributed by atoms with Crippen molar-refractivity contribution in [3.8, 4) is 17.2 Å². The van der Waals surface area contributed by atoms with E-state index in [4.69, 9.17) is 18.9 Å². The molecule has 0 fully saturated rings. The minimum atomic E-state index is -1.12. The number of carbonyl (C=O) groups excluding carboxylic acids is 1. The molecule has 1 amide bonds. The first-order valence-corrected chi connectivity index (χ1v) is 9.29. The summed E-state index contributed by atoms with van der Waals surface area (Å²) in [5.41, 5.74) is 1.63. The Morgan fingerprint density at radius 1 is 1.10 bits per heavy atom. The molecule has 0 unspecified atom stereocenters. The van der Waals surface area contributed by atoms with E-state index in [-0.39, 0.29) is 12.5 Å². The number of hydrogen-bond acceptors (Lipinski definition) is 6. The minimum Gasteiger partial charge on any atom is -0.493 e. The molecule has 0 aromatic heterocycles. The molecule has 0 bridgehead atoms. The summed E-state index contributed by atoms with van der Waals surface area (Å²) in [5, 5.41) is 5.69. The summed E-state index contributed by atoms with van der Waals surface area (Å²) in [6.45, 7) is 7.30. The van der Waals surface area contributed by atoms with Crippen LogP contribution in [-0.2, 0) is 15.3 Å². The molecule has 0 radical (unpaired) electrons. The van der Waals surface area contributed by atoms with Crippen molar-refractivity contribution in [1.29, 1.82) is 0 Å². The maximum Gasteiger partial charge on any atom is 0.247 e. The van der Waals surface area contributed by atoms with Crippen LogP contribution < -0.4 is 14.2 Å². The van der Waals surface area contributed by atoms with Crippen molar-refractivity contribution < 1.29 is 23.7 Å². The van der Waals surface area contributed by atoms with Crippen LogP contribution in [-0.4, -0.2) is 37.6 Å². The number of nitrogens with zero attached hydrogens (tertiary/aromatic N) is 2. The van der Waals surface area contributed by atoms with Crippen LogP contribution in [0.4, 0.5) is 0 Å². The standard InChI is InChI=1S/C22H26N2O5/c1-14-8-7-9-15(2)21(14)28-13-20-23-24(16(3)25)22(4,29-20)17-10-11-18(26-5)19(12-17)27-6/h7-12H,13H2,1-6H3/t22-/m0/s1. The Kier molecular flexibility index (Phi) is 5.68. The van der Waals surface area contributed by atoms with E-state index < -0.39 is 5.72 Å². The predicted molar refractivity (Wildman–Crippen MR) is 109 cm³/mol. The van der Waals surface area contributed by atoms with Gasteiger partial charge in [-0.05, 0) is 43.2 Å². The van der Waals surface area contributed by atoms with Crippen molar-refractivity contribution in [3.63, 3.8) is 0 Å². The lowest BCUT2D eigenvalue weighted by atomic mass is 10.0. The van der Waals surface area contributed by atoms with Crippen LogP contribution in [0.25, 0.3) is 0 Å². The van der Waals surface area contributed by atoms with Gasteiger partial charge in [-0.3, -0.25) is 4.79 Å². The number of rotatable bonds is 6. The van der Waals surface area contributed by atoms with Crippen molar-refractivity contribution in [2.45, 2.75) is 33.4 Å². The molecule has 0 spiro atoms. The summed E-state index contributed by atoms with van der Waals surface area (Å²) in [6.07, 6.45) is 0. The Morgan fingerprint density at radius 3 is 2.34 bits per heavy atom. The second-order valence-electron chi connectivity index (χ2n) is 6.99. The van der Waals surface area contributed by atoms with E-state index in [1.54, 1.807) is 33.3 Å². The fourth-order valence-electron chi connectivity index (χ4n) is 3.40. The molecule has 0 N–H and O–H groups in total. The molecule has 1 atom stereocenters. The lowest BCUT2D eigenvalue weighted by Crippen LogP contribution is -2.41. The monoisotopic (exact) mass is 398 g/mol. The number of carbonyl (C=O) groups is 1. The Hall–Kier alpha value is -3.22. The highest BCUT2D eigenvalue weighted by molar-refractivity contribution is 5.84. The lowest BCUT2D eigenvalue weighted by molar-refractivity contribution is -0.146. The van der Waals surface area contributed by atoms with Crippen LogP contribution in [0.3, 0.4) is 0 Å². The average molecular weight is 398 g/mol. The van der Waals surface area contributed by atoms with Crippen molar-refractivity contribution in [2.75, 3.05) is 20.8 Å². The third-order valence-corrected chi connectivity index (χ3v) is 4.90. The van der Waals surface area contributed by atoms with E-state index in [2.05, 4.69) is 5.10 Å². The number of para-hydroxylation sites is 1. The number of benzene rings is 2. The van der Waals surface area contributed by atoms with Crippen molar-refractivity contribution in [3.05, 3.63) is 53.1 Å². The molecule has 0 saturated carbocycles. The molecule has 29 heavy (non-hydrogen) atoms. The van der Waals surface area contributed by atoms with Gasteiger partial charge in [0.15, 0.2) is 18.1 Å². The molecule has 2 aromatic carbocycles. The molecular weight excluding hydrogens is 372 g/mol. The zero-order valence-electron chi connectivity index (χ0n) is 17.6. The van der Waals surface area contributed by atoms with Gasteiger partial charge in [0.25, 0.3) is 0 Å². The van der Waals surface area contributed by atoms with Gasteiger partial charge in [0.2, 0.25) is 17.5 Å². The zero-order chi connectivity index (χ0) is 21.2. The van der Waals surface area contributed by atoms with Gasteiger partial charge in [0.05, 0.1) is 14.2 Å². The first-order valence-electron chi connectivity index (χ1n) is 9.29. The van der Waals surface area contributed by atoms with Crippen LogP contribution in [0, 0.1) is 13.8 Å². The SMILES string of the molecule is COc1ccc([C@]2(C)OC(COc3c(C)cccc3C)=NN2C(C)=O)cc1OC. The molecule has 1 aliphatic rings. The van der Waals surface area contributed by atoms with E-state index in [1.165, 1.54) is 11.9 Å². The van der Waals surface area contributed by atoms with Crippen molar-refractivity contribution >= 4 is 11.8 Å². The lowest BCUT2D eigenvalue weighted by Gasteiger charge is -2.31. The van der Waals surface area contributed by atoms with Gasteiger partial charge in [-0.1, -0.05) is 18.2 Å². The summed E-state index contributed by atoms with van der Waals surface area (Å²) in [4.78, 5) is 12.3. The van der Waals surface area contributed by atoms with Gasteiger partial charge >= 0.3 is 0 Å². The van der Waals surface area contributed by atoms with E-state index >= 15 is 0 Å². The van der Waals surface area contributed by atoms with E-state index in [9.17, 15) is 4.79 Å². The highest BCUT2D eigenvalue weighted by Crippen LogP contribution is 2.39. The van der Waals surface area contributed by atoms with Crippen LogP contribution in [0.5, 0.6) is 17.2 Å². The third-order valence-electron chi connectivity index (χ3n) is 4.90. The average Bonchev–Trinajstić information content (AvgIpc) is 3.05. The predicted octanol–water partition coefficient (Wildman–Crippen LogP) is 3.76. The smallest absolute Gasteiger partial charge is 0.247 e. The second-order valence-corrected chi connectivity index (χ2v) is 6.99. The van der Waals surface area contributed by atoms with E-state index in [0.29, 0.717) is 23.0 Å². The van der Waals surface area contributed by atoms with E-state index in [0.717, 1.165) is 16.9 Å². The molecule has 1 aliphatic heterocycles.